The highest BCUT2D eigenvalue weighted by Crippen LogP contribution is 2.22. The minimum absolute atomic E-state index is 0.100. The van der Waals surface area contributed by atoms with E-state index >= 15 is 0 Å². The third-order valence-electron chi connectivity index (χ3n) is 3.10. The Hall–Kier alpha value is -2.34. The van der Waals surface area contributed by atoms with Crippen LogP contribution in [0.5, 0.6) is 5.75 Å². The molecule has 0 saturated carbocycles. The first-order valence-electron chi connectivity index (χ1n) is 7.00. The van der Waals surface area contributed by atoms with Crippen molar-refractivity contribution in [2.75, 3.05) is 13.2 Å². The number of hydrogen-bond acceptors (Lipinski definition) is 4. The van der Waals surface area contributed by atoms with Gasteiger partial charge in [0.05, 0.1) is 5.97 Å². The number of halogens is 1. The Morgan fingerprint density at radius 2 is 1.87 bits per heavy atom. The standard InChI is InChI=1S/C17H16BrNO4/c18-13-6-7-15(14(10-13)17(21)22)23-11-16(20)19-9-8-12-4-2-1-3-5-12/h1-7,10H,8-9,11H2,(H,19,20)(H,21,22)/p-1. The molecule has 2 aromatic carbocycles. The monoisotopic (exact) mass is 376 g/mol. The number of nitrogens with one attached hydrogen (secondary N) is 1. The number of benzene rings is 2. The maximum Gasteiger partial charge on any atom is 0.257 e. The van der Waals surface area contributed by atoms with Gasteiger partial charge in [-0.1, -0.05) is 46.3 Å². The molecule has 0 bridgehead atoms. The summed E-state index contributed by atoms with van der Waals surface area (Å²) in [6, 6.07) is 14.3. The molecule has 0 saturated heterocycles. The summed E-state index contributed by atoms with van der Waals surface area (Å²) < 4.78 is 5.86. The third kappa shape index (κ3) is 5.41. The second-order valence-corrected chi connectivity index (χ2v) is 5.72. The van der Waals surface area contributed by atoms with Crippen LogP contribution in [0.15, 0.2) is 53.0 Å². The number of aromatic carboxylic acids is 1. The van der Waals surface area contributed by atoms with Crippen LogP contribution in [0.2, 0.25) is 0 Å². The van der Waals surface area contributed by atoms with Crippen molar-refractivity contribution in [3.8, 4) is 5.75 Å². The molecule has 5 nitrogen and oxygen atoms in total. The van der Waals surface area contributed by atoms with Crippen LogP contribution in [0.25, 0.3) is 0 Å². The van der Waals surface area contributed by atoms with Crippen LogP contribution in [0, 0.1) is 0 Å². The number of carboxylic acid groups (broad SMARTS) is 1. The van der Waals surface area contributed by atoms with Gasteiger partial charge in [0.15, 0.2) is 6.61 Å². The molecule has 0 aliphatic carbocycles. The molecule has 0 spiro atoms. The van der Waals surface area contributed by atoms with Gasteiger partial charge < -0.3 is 20.0 Å². The van der Waals surface area contributed by atoms with E-state index in [-0.39, 0.29) is 23.8 Å². The van der Waals surface area contributed by atoms with Gasteiger partial charge in [-0.25, -0.2) is 0 Å². The molecule has 1 N–H and O–H groups in total. The van der Waals surface area contributed by atoms with Crippen LogP contribution in [-0.2, 0) is 11.2 Å². The van der Waals surface area contributed by atoms with Gasteiger partial charge in [0.25, 0.3) is 5.91 Å². The van der Waals surface area contributed by atoms with E-state index in [0.29, 0.717) is 11.0 Å². The second-order valence-electron chi connectivity index (χ2n) is 4.80. The predicted octanol–water partition coefficient (Wildman–Crippen LogP) is 1.55. The van der Waals surface area contributed by atoms with Crippen LogP contribution >= 0.6 is 15.9 Å². The zero-order chi connectivity index (χ0) is 16.7. The van der Waals surface area contributed by atoms with Crippen LogP contribution < -0.4 is 15.2 Å². The Bertz CT molecular complexity index is 688. The molecule has 0 unspecified atom stereocenters. The van der Waals surface area contributed by atoms with E-state index in [2.05, 4.69) is 21.2 Å². The average Bonchev–Trinajstić information content (AvgIpc) is 2.54. The molecule has 23 heavy (non-hydrogen) atoms. The number of rotatable bonds is 7. The molecule has 0 fully saturated rings. The Labute approximate surface area is 142 Å². The molecule has 6 heteroatoms. The van der Waals surface area contributed by atoms with Crippen LogP contribution in [0.4, 0.5) is 0 Å². The minimum Gasteiger partial charge on any atom is -0.545 e. The van der Waals surface area contributed by atoms with Gasteiger partial charge in [-0.15, -0.1) is 0 Å². The summed E-state index contributed by atoms with van der Waals surface area (Å²) in [6.45, 7) is 0.233. The lowest BCUT2D eigenvalue weighted by Crippen LogP contribution is -2.31. The third-order valence-corrected chi connectivity index (χ3v) is 3.59. The normalized spacial score (nSPS) is 10.1. The Morgan fingerprint density at radius 3 is 2.57 bits per heavy atom. The number of carbonyl (C=O) groups excluding carboxylic acids is 2. The van der Waals surface area contributed by atoms with Crippen molar-refractivity contribution < 1.29 is 19.4 Å². The summed E-state index contributed by atoms with van der Waals surface area (Å²) in [5.74, 6) is -1.56. The highest BCUT2D eigenvalue weighted by atomic mass is 79.9. The Morgan fingerprint density at radius 1 is 1.13 bits per heavy atom. The fourth-order valence-corrected chi connectivity index (χ4v) is 2.33. The number of carboxylic acids is 1. The SMILES string of the molecule is O=C(COc1ccc(Br)cc1C(=O)[O-])NCCc1ccccc1. The number of amides is 1. The van der Waals surface area contributed by atoms with Gasteiger partial charge in [-0.2, -0.15) is 0 Å². The first kappa shape index (κ1) is 17.0. The minimum atomic E-state index is -1.36. The van der Waals surface area contributed by atoms with Gasteiger partial charge in [0.1, 0.15) is 5.75 Å². The van der Waals surface area contributed by atoms with Gasteiger partial charge in [0.2, 0.25) is 0 Å². The van der Waals surface area contributed by atoms with E-state index in [1.165, 1.54) is 12.1 Å². The lowest BCUT2D eigenvalue weighted by molar-refractivity contribution is -0.255. The van der Waals surface area contributed by atoms with Crippen LogP contribution in [0.1, 0.15) is 15.9 Å². The van der Waals surface area contributed by atoms with Crippen LogP contribution in [0.3, 0.4) is 0 Å². The summed E-state index contributed by atoms with van der Waals surface area (Å²) in [7, 11) is 0. The molecule has 1 amide bonds. The van der Waals surface area contributed by atoms with Crippen LogP contribution in [-0.4, -0.2) is 25.0 Å². The summed E-state index contributed by atoms with van der Waals surface area (Å²) in [5, 5.41) is 13.8. The summed E-state index contributed by atoms with van der Waals surface area (Å²) in [4.78, 5) is 22.8. The van der Waals surface area contributed by atoms with Gasteiger partial charge in [0, 0.05) is 16.6 Å². The lowest BCUT2D eigenvalue weighted by Gasteiger charge is -2.12. The Kier molecular flexibility index (Phi) is 6.17. The average molecular weight is 377 g/mol. The summed E-state index contributed by atoms with van der Waals surface area (Å²) in [5.41, 5.74) is 1.03. The maximum absolute atomic E-state index is 11.7. The van der Waals surface area contributed by atoms with Crippen molar-refractivity contribution in [3.05, 3.63) is 64.1 Å². The van der Waals surface area contributed by atoms with E-state index < -0.39 is 5.97 Å². The number of hydrogen-bond donors (Lipinski definition) is 1. The zero-order valence-corrected chi connectivity index (χ0v) is 13.8. The molecule has 0 heterocycles. The molecule has 0 radical (unpaired) electrons. The molecule has 0 aliphatic rings. The quantitative estimate of drug-likeness (QED) is 0.794. The highest BCUT2D eigenvalue weighted by Gasteiger charge is 2.08. The summed E-state index contributed by atoms with van der Waals surface area (Å²) >= 11 is 3.18. The van der Waals surface area contributed by atoms with Gasteiger partial charge in [-0.05, 0) is 30.2 Å². The molecular weight excluding hydrogens is 362 g/mol. The van der Waals surface area contributed by atoms with Crippen molar-refractivity contribution in [1.82, 2.24) is 5.32 Å². The van der Waals surface area contributed by atoms with Crippen molar-refractivity contribution in [1.29, 1.82) is 0 Å². The molecule has 0 aliphatic heterocycles. The van der Waals surface area contributed by atoms with Crippen molar-refractivity contribution >= 4 is 27.8 Å². The van der Waals surface area contributed by atoms with E-state index in [4.69, 9.17) is 4.74 Å². The van der Waals surface area contributed by atoms with E-state index in [0.717, 1.165) is 12.0 Å². The molecular formula is C17H15BrNO4-. The highest BCUT2D eigenvalue weighted by molar-refractivity contribution is 9.10. The van der Waals surface area contributed by atoms with Crippen molar-refractivity contribution in [3.63, 3.8) is 0 Å². The molecule has 0 atom stereocenters. The smallest absolute Gasteiger partial charge is 0.257 e. The van der Waals surface area contributed by atoms with Gasteiger partial charge in [-0.3, -0.25) is 4.79 Å². The molecule has 2 rings (SSSR count). The van der Waals surface area contributed by atoms with E-state index in [1.807, 2.05) is 30.3 Å². The zero-order valence-electron chi connectivity index (χ0n) is 12.3. The van der Waals surface area contributed by atoms with E-state index in [9.17, 15) is 14.7 Å². The van der Waals surface area contributed by atoms with Crippen molar-refractivity contribution in [2.45, 2.75) is 6.42 Å². The fourth-order valence-electron chi connectivity index (χ4n) is 1.97. The van der Waals surface area contributed by atoms with Gasteiger partial charge >= 0.3 is 0 Å². The molecule has 0 aromatic heterocycles. The number of ether oxygens (including phenoxy) is 1. The van der Waals surface area contributed by atoms with E-state index in [1.54, 1.807) is 6.07 Å². The molecule has 2 aromatic rings. The maximum atomic E-state index is 11.7. The topological polar surface area (TPSA) is 78.5 Å². The largest absolute Gasteiger partial charge is 0.545 e. The lowest BCUT2D eigenvalue weighted by atomic mass is 10.1. The van der Waals surface area contributed by atoms with Crippen molar-refractivity contribution in [2.24, 2.45) is 0 Å². The number of carbonyl (C=O) groups is 2. The fraction of sp³-hybridized carbons (Fsp3) is 0.176. The first-order valence-corrected chi connectivity index (χ1v) is 7.80. The molecule has 120 valence electrons. The summed E-state index contributed by atoms with van der Waals surface area (Å²) in [6.07, 6.45) is 0.717. The second kappa shape index (κ2) is 8.33. The first-order chi connectivity index (χ1) is 11.1. The Balaban J connectivity index is 1.81. The predicted molar refractivity (Wildman–Crippen MR) is 87.1 cm³/mol.